The molecule has 1 fully saturated rings. The maximum absolute atomic E-state index is 2.44. The fourth-order valence-electron chi connectivity index (χ4n) is 1.35. The summed E-state index contributed by atoms with van der Waals surface area (Å²) in [6.07, 6.45) is 4.93. The fourth-order valence-corrected chi connectivity index (χ4v) is 1.35. The average Bonchev–Trinajstić information content (AvgIpc) is 1.83. The molecule has 0 aromatic carbocycles. The standard InChI is InChI=1S/C8H16N/c1-7-5-4-6-8(2)9(7)3/h4,7-8H,5-6H2,1-3H3/t7-,8-/m0/s1. The van der Waals surface area contributed by atoms with Crippen molar-refractivity contribution >= 4 is 0 Å². The molecule has 1 aliphatic heterocycles. The molecule has 1 heteroatoms. The van der Waals surface area contributed by atoms with Crippen molar-refractivity contribution < 1.29 is 0 Å². The van der Waals surface area contributed by atoms with Gasteiger partial charge in [0, 0.05) is 12.1 Å². The van der Waals surface area contributed by atoms with Crippen molar-refractivity contribution in [2.75, 3.05) is 7.05 Å². The number of hydrogen-bond acceptors (Lipinski definition) is 1. The lowest BCUT2D eigenvalue weighted by Crippen LogP contribution is -2.40. The summed E-state index contributed by atoms with van der Waals surface area (Å²) >= 11 is 0. The van der Waals surface area contributed by atoms with Crippen LogP contribution in [0.1, 0.15) is 26.7 Å². The summed E-state index contributed by atoms with van der Waals surface area (Å²) in [4.78, 5) is 2.44. The van der Waals surface area contributed by atoms with E-state index in [-0.39, 0.29) is 0 Å². The molecule has 9 heavy (non-hydrogen) atoms. The van der Waals surface area contributed by atoms with Gasteiger partial charge in [-0.3, -0.25) is 0 Å². The Morgan fingerprint density at radius 3 is 2.00 bits per heavy atom. The summed E-state index contributed by atoms with van der Waals surface area (Å²) in [5.74, 6) is 0. The summed E-state index contributed by atoms with van der Waals surface area (Å²) in [5, 5.41) is 0. The Kier molecular flexibility index (Phi) is 2.12. The maximum atomic E-state index is 2.44. The molecule has 0 amide bonds. The largest absolute Gasteiger partial charge is 0.301 e. The third-order valence-electron chi connectivity index (χ3n) is 2.41. The zero-order valence-electron chi connectivity index (χ0n) is 6.59. The number of hydrogen-bond donors (Lipinski definition) is 0. The SMILES string of the molecule is C[C@H]1C[CH]C[C@H](C)N1C. The Labute approximate surface area is 58.0 Å². The lowest BCUT2D eigenvalue weighted by atomic mass is 9.99. The molecule has 1 radical (unpaired) electrons. The number of nitrogens with zero attached hydrogens (tertiary/aromatic N) is 1. The van der Waals surface area contributed by atoms with Crippen LogP contribution in [-0.4, -0.2) is 24.0 Å². The van der Waals surface area contributed by atoms with E-state index >= 15 is 0 Å². The molecule has 1 nitrogen and oxygen atoms in total. The number of rotatable bonds is 0. The van der Waals surface area contributed by atoms with Crippen molar-refractivity contribution in [3.8, 4) is 0 Å². The van der Waals surface area contributed by atoms with Gasteiger partial charge in [0.05, 0.1) is 0 Å². The minimum absolute atomic E-state index is 0.758. The van der Waals surface area contributed by atoms with Gasteiger partial charge in [-0.2, -0.15) is 0 Å². The molecule has 0 N–H and O–H groups in total. The lowest BCUT2D eigenvalue weighted by molar-refractivity contribution is 0.164. The van der Waals surface area contributed by atoms with E-state index in [1.165, 1.54) is 12.8 Å². The molecular weight excluding hydrogens is 110 g/mol. The molecule has 1 aliphatic rings. The number of likely N-dealkylation sites (tertiary alicyclic amines) is 1. The molecule has 0 aromatic rings. The minimum Gasteiger partial charge on any atom is -0.301 e. The van der Waals surface area contributed by atoms with Gasteiger partial charge in [0.2, 0.25) is 0 Å². The first-order valence-corrected chi connectivity index (χ1v) is 3.75. The fraction of sp³-hybridized carbons (Fsp3) is 0.875. The van der Waals surface area contributed by atoms with E-state index in [4.69, 9.17) is 0 Å². The molecule has 0 bridgehead atoms. The highest BCUT2D eigenvalue weighted by atomic mass is 15.2. The van der Waals surface area contributed by atoms with Gasteiger partial charge in [0.1, 0.15) is 0 Å². The molecule has 0 aliphatic carbocycles. The molecule has 1 saturated heterocycles. The highest BCUT2D eigenvalue weighted by Crippen LogP contribution is 2.18. The van der Waals surface area contributed by atoms with Crippen LogP contribution in [0, 0.1) is 6.42 Å². The van der Waals surface area contributed by atoms with E-state index in [0.29, 0.717) is 0 Å². The third-order valence-corrected chi connectivity index (χ3v) is 2.41. The second kappa shape index (κ2) is 2.70. The van der Waals surface area contributed by atoms with Crippen LogP contribution in [0.2, 0.25) is 0 Å². The second-order valence-electron chi connectivity index (χ2n) is 3.12. The Balaban J connectivity index is 2.41. The molecule has 0 aromatic heterocycles. The van der Waals surface area contributed by atoms with Gasteiger partial charge < -0.3 is 4.90 Å². The lowest BCUT2D eigenvalue weighted by Gasteiger charge is -2.35. The molecule has 0 saturated carbocycles. The molecular formula is C8H16N. The van der Waals surface area contributed by atoms with Crippen LogP contribution in [-0.2, 0) is 0 Å². The van der Waals surface area contributed by atoms with Crippen LogP contribution in [0.3, 0.4) is 0 Å². The van der Waals surface area contributed by atoms with E-state index < -0.39 is 0 Å². The van der Waals surface area contributed by atoms with Gasteiger partial charge >= 0.3 is 0 Å². The van der Waals surface area contributed by atoms with Crippen molar-refractivity contribution in [2.24, 2.45) is 0 Å². The monoisotopic (exact) mass is 126 g/mol. The number of piperidine rings is 1. The van der Waals surface area contributed by atoms with Crippen LogP contribution >= 0.6 is 0 Å². The molecule has 53 valence electrons. The van der Waals surface area contributed by atoms with E-state index in [2.05, 4.69) is 32.2 Å². The van der Waals surface area contributed by atoms with Crippen LogP contribution < -0.4 is 0 Å². The Morgan fingerprint density at radius 1 is 1.22 bits per heavy atom. The average molecular weight is 126 g/mol. The first kappa shape index (κ1) is 7.07. The van der Waals surface area contributed by atoms with Crippen molar-refractivity contribution in [3.63, 3.8) is 0 Å². The summed E-state index contributed by atoms with van der Waals surface area (Å²) in [6, 6.07) is 1.52. The molecule has 1 rings (SSSR count). The van der Waals surface area contributed by atoms with Gasteiger partial charge in [-0.15, -0.1) is 0 Å². The van der Waals surface area contributed by atoms with Crippen molar-refractivity contribution in [2.45, 2.75) is 38.8 Å². The van der Waals surface area contributed by atoms with Crippen molar-refractivity contribution in [3.05, 3.63) is 6.42 Å². The van der Waals surface area contributed by atoms with Crippen LogP contribution in [0.4, 0.5) is 0 Å². The van der Waals surface area contributed by atoms with E-state index in [1.807, 2.05) is 0 Å². The minimum atomic E-state index is 0.758. The zero-order valence-corrected chi connectivity index (χ0v) is 6.59. The van der Waals surface area contributed by atoms with Gasteiger partial charge in [-0.05, 0) is 40.2 Å². The summed E-state index contributed by atoms with van der Waals surface area (Å²) in [5.41, 5.74) is 0. The first-order chi connectivity index (χ1) is 4.22. The highest BCUT2D eigenvalue weighted by molar-refractivity contribution is 4.86. The summed E-state index contributed by atoms with van der Waals surface area (Å²) in [7, 11) is 2.21. The Hall–Kier alpha value is -0.0400. The Bertz CT molecular complexity index is 80.6. The van der Waals surface area contributed by atoms with Gasteiger partial charge in [-0.25, -0.2) is 0 Å². The molecule has 1 heterocycles. The molecule has 2 atom stereocenters. The predicted octanol–water partition coefficient (Wildman–Crippen LogP) is 1.69. The zero-order chi connectivity index (χ0) is 6.85. The van der Waals surface area contributed by atoms with Gasteiger partial charge in [0.25, 0.3) is 0 Å². The van der Waals surface area contributed by atoms with Crippen LogP contribution in [0.5, 0.6) is 0 Å². The van der Waals surface area contributed by atoms with E-state index in [9.17, 15) is 0 Å². The summed E-state index contributed by atoms with van der Waals surface area (Å²) in [6.45, 7) is 4.57. The second-order valence-corrected chi connectivity index (χ2v) is 3.12. The molecule has 0 unspecified atom stereocenters. The smallest absolute Gasteiger partial charge is 0.00694 e. The summed E-state index contributed by atoms with van der Waals surface area (Å²) < 4.78 is 0. The topological polar surface area (TPSA) is 3.24 Å². The quantitative estimate of drug-likeness (QED) is 0.477. The third kappa shape index (κ3) is 1.45. The van der Waals surface area contributed by atoms with E-state index in [1.54, 1.807) is 0 Å². The predicted molar refractivity (Wildman–Crippen MR) is 40.2 cm³/mol. The normalized spacial score (nSPS) is 39.0. The van der Waals surface area contributed by atoms with E-state index in [0.717, 1.165) is 12.1 Å². The van der Waals surface area contributed by atoms with Gasteiger partial charge in [-0.1, -0.05) is 0 Å². The maximum Gasteiger partial charge on any atom is 0.00694 e. The van der Waals surface area contributed by atoms with Crippen molar-refractivity contribution in [1.82, 2.24) is 4.90 Å². The van der Waals surface area contributed by atoms with Crippen LogP contribution in [0.25, 0.3) is 0 Å². The Morgan fingerprint density at radius 2 is 1.67 bits per heavy atom. The first-order valence-electron chi connectivity index (χ1n) is 3.75. The van der Waals surface area contributed by atoms with Crippen molar-refractivity contribution in [1.29, 1.82) is 0 Å². The van der Waals surface area contributed by atoms with Gasteiger partial charge in [0.15, 0.2) is 0 Å². The molecule has 0 spiro atoms. The van der Waals surface area contributed by atoms with Crippen LogP contribution in [0.15, 0.2) is 0 Å². The highest BCUT2D eigenvalue weighted by Gasteiger charge is 2.19.